The van der Waals surface area contributed by atoms with E-state index in [2.05, 4.69) is 6.92 Å². The molecule has 0 radical (unpaired) electrons. The first-order valence-corrected chi connectivity index (χ1v) is 4.47. The van der Waals surface area contributed by atoms with Crippen molar-refractivity contribution in [2.45, 2.75) is 13.3 Å². The fourth-order valence-electron chi connectivity index (χ4n) is 1.56. The fourth-order valence-corrected chi connectivity index (χ4v) is 1.56. The average molecular weight is 181 g/mol. The van der Waals surface area contributed by atoms with Crippen LogP contribution in [0.15, 0.2) is 23.3 Å². The summed E-state index contributed by atoms with van der Waals surface area (Å²) in [6, 6.07) is 0. The zero-order valence-corrected chi connectivity index (χ0v) is 8.36. The minimum absolute atomic E-state index is 0.456. The van der Waals surface area contributed by atoms with Gasteiger partial charge in [-0.3, -0.25) is 0 Å². The molecule has 0 saturated carbocycles. The molecule has 1 atom stereocenters. The summed E-state index contributed by atoms with van der Waals surface area (Å²) in [5.41, 5.74) is 1.74. The fraction of sp³-hybridized carbons (Fsp3) is 0.556. The molecule has 0 aromatic rings. The highest BCUT2D eigenvalue weighted by Gasteiger charge is 2.20. The van der Waals surface area contributed by atoms with Crippen molar-refractivity contribution < 1.29 is 10.0 Å². The molecule has 0 amide bonds. The van der Waals surface area contributed by atoms with E-state index in [1.165, 1.54) is 0 Å². The van der Waals surface area contributed by atoms with E-state index in [1.807, 2.05) is 31.1 Å². The molecule has 1 unspecified atom stereocenters. The molecule has 2 N–H and O–H groups in total. The van der Waals surface area contributed by atoms with Gasteiger partial charge in [0, 0.05) is 19.8 Å². The summed E-state index contributed by atoms with van der Waals surface area (Å²) in [7, 11) is 2.59. The Balaban J connectivity index is 2.85. The van der Waals surface area contributed by atoms with E-state index in [0.29, 0.717) is 11.4 Å². The molecular formula is C9H16BNO2. The number of hydrogen-bond acceptors (Lipinski definition) is 3. The highest BCUT2D eigenvalue weighted by atomic mass is 16.4. The summed E-state index contributed by atoms with van der Waals surface area (Å²) in [5, 5.41) is 18.0. The Morgan fingerprint density at radius 1 is 1.46 bits per heavy atom. The lowest BCUT2D eigenvalue weighted by atomic mass is 9.74. The van der Waals surface area contributed by atoms with Gasteiger partial charge in [-0.15, -0.1) is 0 Å². The van der Waals surface area contributed by atoms with E-state index in [0.717, 1.165) is 12.1 Å². The van der Waals surface area contributed by atoms with Crippen molar-refractivity contribution >= 4 is 7.12 Å². The Kier molecular flexibility index (Phi) is 3.17. The zero-order valence-electron chi connectivity index (χ0n) is 8.36. The average Bonchev–Trinajstić information content (AvgIpc) is 2.04. The largest absolute Gasteiger partial charge is 0.488 e. The SMILES string of the molecule is CC1CC=C(B(O)O)C=C1N(C)C. The van der Waals surface area contributed by atoms with Crippen LogP contribution in [0, 0.1) is 5.92 Å². The van der Waals surface area contributed by atoms with E-state index < -0.39 is 7.12 Å². The summed E-state index contributed by atoms with van der Waals surface area (Å²) >= 11 is 0. The van der Waals surface area contributed by atoms with Gasteiger partial charge in [0.2, 0.25) is 0 Å². The van der Waals surface area contributed by atoms with Crippen molar-refractivity contribution in [3.63, 3.8) is 0 Å². The number of nitrogens with zero attached hydrogens (tertiary/aromatic N) is 1. The molecular weight excluding hydrogens is 165 g/mol. The molecule has 4 heteroatoms. The highest BCUT2D eigenvalue weighted by molar-refractivity contribution is 6.51. The van der Waals surface area contributed by atoms with Crippen LogP contribution in [0.3, 0.4) is 0 Å². The molecule has 1 rings (SSSR count). The highest BCUT2D eigenvalue weighted by Crippen LogP contribution is 2.24. The smallest absolute Gasteiger partial charge is 0.423 e. The summed E-state index contributed by atoms with van der Waals surface area (Å²) in [6.07, 6.45) is 4.60. The third-order valence-electron chi connectivity index (χ3n) is 2.34. The van der Waals surface area contributed by atoms with Crippen LogP contribution in [0.5, 0.6) is 0 Å². The van der Waals surface area contributed by atoms with Crippen LogP contribution in [0.4, 0.5) is 0 Å². The predicted molar refractivity (Wildman–Crippen MR) is 53.8 cm³/mol. The van der Waals surface area contributed by atoms with Gasteiger partial charge in [0.1, 0.15) is 0 Å². The van der Waals surface area contributed by atoms with Gasteiger partial charge < -0.3 is 14.9 Å². The summed E-state index contributed by atoms with van der Waals surface area (Å²) < 4.78 is 0. The molecule has 0 aromatic carbocycles. The number of hydrogen-bond donors (Lipinski definition) is 2. The first kappa shape index (κ1) is 10.3. The molecule has 1 aliphatic rings. The first-order valence-electron chi connectivity index (χ1n) is 4.47. The van der Waals surface area contributed by atoms with Gasteiger partial charge in [-0.05, 0) is 23.9 Å². The van der Waals surface area contributed by atoms with E-state index in [1.54, 1.807) is 0 Å². The normalized spacial score (nSPS) is 22.1. The number of rotatable bonds is 2. The second kappa shape index (κ2) is 3.98. The molecule has 0 aliphatic heterocycles. The zero-order chi connectivity index (χ0) is 10.0. The topological polar surface area (TPSA) is 43.7 Å². The molecule has 13 heavy (non-hydrogen) atoms. The lowest BCUT2D eigenvalue weighted by Crippen LogP contribution is -2.23. The third kappa shape index (κ3) is 2.35. The second-order valence-corrected chi connectivity index (χ2v) is 3.68. The predicted octanol–water partition coefficient (Wildman–Crippen LogP) is 0.410. The minimum atomic E-state index is -1.34. The van der Waals surface area contributed by atoms with Crippen molar-refractivity contribution in [3.05, 3.63) is 23.3 Å². The first-order chi connectivity index (χ1) is 6.02. The van der Waals surface area contributed by atoms with E-state index in [9.17, 15) is 0 Å². The van der Waals surface area contributed by atoms with Crippen LogP contribution in [-0.4, -0.2) is 36.2 Å². The van der Waals surface area contributed by atoms with E-state index >= 15 is 0 Å². The Bertz CT molecular complexity index is 246. The van der Waals surface area contributed by atoms with Gasteiger partial charge >= 0.3 is 7.12 Å². The van der Waals surface area contributed by atoms with Gasteiger partial charge in [0.25, 0.3) is 0 Å². The lowest BCUT2D eigenvalue weighted by Gasteiger charge is -2.26. The van der Waals surface area contributed by atoms with E-state index in [-0.39, 0.29) is 0 Å². The summed E-state index contributed by atoms with van der Waals surface area (Å²) in [6.45, 7) is 2.13. The maximum Gasteiger partial charge on any atom is 0.488 e. The third-order valence-corrected chi connectivity index (χ3v) is 2.34. The molecule has 0 saturated heterocycles. The molecule has 3 nitrogen and oxygen atoms in total. The van der Waals surface area contributed by atoms with Crippen molar-refractivity contribution in [2.24, 2.45) is 5.92 Å². The Labute approximate surface area is 79.5 Å². The van der Waals surface area contributed by atoms with Crippen molar-refractivity contribution in [1.29, 1.82) is 0 Å². The van der Waals surface area contributed by atoms with Crippen LogP contribution >= 0.6 is 0 Å². The monoisotopic (exact) mass is 181 g/mol. The molecule has 0 fully saturated rings. The van der Waals surface area contributed by atoms with Crippen LogP contribution in [0.25, 0.3) is 0 Å². The van der Waals surface area contributed by atoms with Crippen LogP contribution in [0.1, 0.15) is 13.3 Å². The molecule has 0 aromatic heterocycles. The standard InChI is InChI=1S/C9H16BNO2/c1-7-4-5-8(10(12)13)6-9(7)11(2)3/h5-7,12-13H,4H2,1-3H3. The van der Waals surface area contributed by atoms with Gasteiger partial charge in [-0.1, -0.05) is 13.0 Å². The van der Waals surface area contributed by atoms with Crippen LogP contribution < -0.4 is 0 Å². The van der Waals surface area contributed by atoms with Gasteiger partial charge in [-0.2, -0.15) is 0 Å². The van der Waals surface area contributed by atoms with Crippen LogP contribution in [0.2, 0.25) is 0 Å². The van der Waals surface area contributed by atoms with E-state index in [4.69, 9.17) is 10.0 Å². The minimum Gasteiger partial charge on any atom is -0.423 e. The Hall–Kier alpha value is -0.735. The second-order valence-electron chi connectivity index (χ2n) is 3.68. The number of allylic oxidation sites excluding steroid dienone is 4. The maximum atomic E-state index is 8.99. The maximum absolute atomic E-state index is 8.99. The van der Waals surface area contributed by atoms with Gasteiger partial charge in [0.05, 0.1) is 0 Å². The molecule has 1 aliphatic carbocycles. The molecule has 0 bridgehead atoms. The van der Waals surface area contributed by atoms with Crippen molar-refractivity contribution in [2.75, 3.05) is 14.1 Å². The quantitative estimate of drug-likeness (QED) is 0.606. The van der Waals surface area contributed by atoms with Gasteiger partial charge in [0.15, 0.2) is 0 Å². The van der Waals surface area contributed by atoms with Crippen LogP contribution in [-0.2, 0) is 0 Å². The summed E-state index contributed by atoms with van der Waals surface area (Å²) in [5.74, 6) is 0.456. The molecule has 72 valence electrons. The summed E-state index contributed by atoms with van der Waals surface area (Å²) in [4.78, 5) is 2.01. The Morgan fingerprint density at radius 3 is 2.54 bits per heavy atom. The van der Waals surface area contributed by atoms with Crippen molar-refractivity contribution in [1.82, 2.24) is 4.90 Å². The van der Waals surface area contributed by atoms with Crippen molar-refractivity contribution in [3.8, 4) is 0 Å². The Morgan fingerprint density at radius 2 is 2.08 bits per heavy atom. The molecule has 0 heterocycles. The molecule has 0 spiro atoms. The van der Waals surface area contributed by atoms with Gasteiger partial charge in [-0.25, -0.2) is 0 Å². The lowest BCUT2D eigenvalue weighted by molar-refractivity contribution is 0.410.